The molecule has 0 amide bonds. The molecule has 2 nitrogen and oxygen atoms in total. The van der Waals surface area contributed by atoms with E-state index in [0.29, 0.717) is 0 Å². The van der Waals surface area contributed by atoms with Gasteiger partial charge in [-0.25, -0.2) is 0 Å². The van der Waals surface area contributed by atoms with Gasteiger partial charge >= 0.3 is 0 Å². The van der Waals surface area contributed by atoms with Crippen LogP contribution in [0.3, 0.4) is 0 Å². The van der Waals surface area contributed by atoms with Crippen molar-refractivity contribution < 1.29 is 5.11 Å². The third kappa shape index (κ3) is 1.93. The second kappa shape index (κ2) is 3.38. The van der Waals surface area contributed by atoms with Gasteiger partial charge in [0.2, 0.25) is 0 Å². The SMILES string of the molecule is C[C@@](N)(CO)c1sccc1I. The van der Waals surface area contributed by atoms with Crippen molar-refractivity contribution in [2.75, 3.05) is 6.61 Å². The Labute approximate surface area is 83.6 Å². The molecule has 0 radical (unpaired) electrons. The average Bonchev–Trinajstić information content (AvgIpc) is 2.36. The standard InChI is InChI=1S/C7H10INOS/c1-7(9,4-10)6-5(8)2-3-11-6/h2-3,10H,4,9H2,1H3/t7-/m1/s1. The Morgan fingerprint density at radius 1 is 1.82 bits per heavy atom. The lowest BCUT2D eigenvalue weighted by Gasteiger charge is -2.20. The zero-order valence-electron chi connectivity index (χ0n) is 6.17. The van der Waals surface area contributed by atoms with Crippen LogP contribution in [0.25, 0.3) is 0 Å². The van der Waals surface area contributed by atoms with E-state index >= 15 is 0 Å². The predicted octanol–water partition coefficient (Wildman–Crippen LogP) is 1.52. The van der Waals surface area contributed by atoms with Crippen molar-refractivity contribution in [2.24, 2.45) is 5.73 Å². The molecule has 0 saturated carbocycles. The summed E-state index contributed by atoms with van der Waals surface area (Å²) in [4.78, 5) is 1.06. The van der Waals surface area contributed by atoms with Crippen molar-refractivity contribution in [3.8, 4) is 0 Å². The summed E-state index contributed by atoms with van der Waals surface area (Å²) in [6, 6.07) is 2.00. The van der Waals surface area contributed by atoms with E-state index in [9.17, 15) is 0 Å². The van der Waals surface area contributed by atoms with Crippen LogP contribution in [0.15, 0.2) is 11.4 Å². The molecule has 1 rings (SSSR count). The molecule has 0 spiro atoms. The zero-order chi connectivity index (χ0) is 8.48. The molecule has 0 bridgehead atoms. The predicted molar refractivity (Wildman–Crippen MR) is 55.7 cm³/mol. The minimum Gasteiger partial charge on any atom is -0.394 e. The van der Waals surface area contributed by atoms with Crippen molar-refractivity contribution >= 4 is 33.9 Å². The van der Waals surface area contributed by atoms with Crippen LogP contribution in [0.1, 0.15) is 11.8 Å². The molecule has 0 fully saturated rings. The molecule has 0 aliphatic carbocycles. The van der Waals surface area contributed by atoms with Gasteiger partial charge in [0.1, 0.15) is 0 Å². The number of hydrogen-bond acceptors (Lipinski definition) is 3. The summed E-state index contributed by atoms with van der Waals surface area (Å²) in [6.45, 7) is 1.82. The first-order chi connectivity index (χ1) is 5.08. The van der Waals surface area contributed by atoms with Gasteiger partial charge in [-0.1, -0.05) is 0 Å². The lowest BCUT2D eigenvalue weighted by molar-refractivity contribution is 0.212. The van der Waals surface area contributed by atoms with Crippen LogP contribution >= 0.6 is 33.9 Å². The molecule has 1 aromatic rings. The normalized spacial score (nSPS) is 16.4. The van der Waals surface area contributed by atoms with Crippen LogP contribution in [-0.4, -0.2) is 11.7 Å². The second-order valence-corrected chi connectivity index (χ2v) is 4.75. The number of thiophene rings is 1. The van der Waals surface area contributed by atoms with Gasteiger partial charge in [-0.2, -0.15) is 0 Å². The molecule has 0 saturated heterocycles. The maximum absolute atomic E-state index is 8.97. The van der Waals surface area contributed by atoms with E-state index in [-0.39, 0.29) is 6.61 Å². The fraction of sp³-hybridized carbons (Fsp3) is 0.429. The second-order valence-electron chi connectivity index (χ2n) is 2.67. The molecule has 1 aromatic heterocycles. The third-order valence-corrected chi connectivity index (χ3v) is 3.92. The first kappa shape index (κ1) is 9.44. The summed E-state index contributed by atoms with van der Waals surface area (Å²) in [5.41, 5.74) is 5.26. The highest BCUT2D eigenvalue weighted by atomic mass is 127. The van der Waals surface area contributed by atoms with Crippen LogP contribution in [-0.2, 0) is 5.54 Å². The van der Waals surface area contributed by atoms with E-state index < -0.39 is 5.54 Å². The van der Waals surface area contributed by atoms with Gasteiger partial charge in [0.05, 0.1) is 12.1 Å². The Hall–Kier alpha value is 0.350. The van der Waals surface area contributed by atoms with Crippen molar-refractivity contribution in [1.29, 1.82) is 0 Å². The Balaban J connectivity index is 3.00. The highest BCUT2D eigenvalue weighted by Gasteiger charge is 2.23. The largest absolute Gasteiger partial charge is 0.394 e. The number of hydrogen-bond donors (Lipinski definition) is 2. The van der Waals surface area contributed by atoms with E-state index in [0.717, 1.165) is 8.45 Å². The number of halogens is 1. The van der Waals surface area contributed by atoms with Gasteiger partial charge in [-0.3, -0.25) is 0 Å². The fourth-order valence-electron chi connectivity index (χ4n) is 0.773. The monoisotopic (exact) mass is 283 g/mol. The molecular weight excluding hydrogens is 273 g/mol. The average molecular weight is 283 g/mol. The highest BCUT2D eigenvalue weighted by Crippen LogP contribution is 2.28. The maximum atomic E-state index is 8.97. The van der Waals surface area contributed by atoms with Gasteiger partial charge in [-0.05, 0) is 41.0 Å². The molecule has 0 aliphatic rings. The Morgan fingerprint density at radius 2 is 2.45 bits per heavy atom. The third-order valence-electron chi connectivity index (χ3n) is 1.46. The molecule has 0 aliphatic heterocycles. The van der Waals surface area contributed by atoms with E-state index in [1.54, 1.807) is 11.3 Å². The molecule has 1 atom stereocenters. The summed E-state index contributed by atoms with van der Waals surface area (Å²) in [6.07, 6.45) is 0. The molecule has 0 aromatic carbocycles. The number of nitrogens with two attached hydrogens (primary N) is 1. The van der Waals surface area contributed by atoms with Crippen LogP contribution in [0.4, 0.5) is 0 Å². The number of aliphatic hydroxyl groups is 1. The summed E-state index contributed by atoms with van der Waals surface area (Å²) in [5, 5.41) is 11.0. The van der Waals surface area contributed by atoms with Gasteiger partial charge in [0.15, 0.2) is 0 Å². The van der Waals surface area contributed by atoms with Gasteiger partial charge < -0.3 is 10.8 Å². The van der Waals surface area contributed by atoms with Crippen molar-refractivity contribution in [3.05, 3.63) is 19.9 Å². The Kier molecular flexibility index (Phi) is 2.90. The van der Waals surface area contributed by atoms with Crippen molar-refractivity contribution in [2.45, 2.75) is 12.5 Å². The molecule has 1 heterocycles. The Morgan fingerprint density at radius 3 is 2.82 bits per heavy atom. The minimum atomic E-state index is -0.579. The van der Waals surface area contributed by atoms with Crippen LogP contribution in [0.5, 0.6) is 0 Å². The van der Waals surface area contributed by atoms with Crippen molar-refractivity contribution in [3.63, 3.8) is 0 Å². The van der Waals surface area contributed by atoms with Crippen LogP contribution in [0.2, 0.25) is 0 Å². The minimum absolute atomic E-state index is 0.0104. The zero-order valence-corrected chi connectivity index (χ0v) is 9.15. The lowest BCUT2D eigenvalue weighted by Crippen LogP contribution is -2.36. The molecule has 0 unspecified atom stereocenters. The summed E-state index contributed by atoms with van der Waals surface area (Å²) in [5.74, 6) is 0. The van der Waals surface area contributed by atoms with Gasteiger partial charge in [-0.15, -0.1) is 11.3 Å². The van der Waals surface area contributed by atoms with E-state index in [1.165, 1.54) is 0 Å². The maximum Gasteiger partial charge on any atom is 0.0719 e. The van der Waals surface area contributed by atoms with Crippen LogP contribution in [0, 0.1) is 3.57 Å². The van der Waals surface area contributed by atoms with E-state index in [2.05, 4.69) is 22.6 Å². The number of rotatable bonds is 2. The topological polar surface area (TPSA) is 46.2 Å². The van der Waals surface area contributed by atoms with Gasteiger partial charge in [0.25, 0.3) is 0 Å². The fourth-order valence-corrected chi connectivity index (χ4v) is 3.05. The first-order valence-corrected chi connectivity index (χ1v) is 5.17. The Bertz CT molecular complexity index is 246. The highest BCUT2D eigenvalue weighted by molar-refractivity contribution is 14.1. The quantitative estimate of drug-likeness (QED) is 0.808. The molecule has 3 N–H and O–H groups in total. The van der Waals surface area contributed by atoms with Crippen LogP contribution < -0.4 is 5.73 Å². The first-order valence-electron chi connectivity index (χ1n) is 3.21. The summed E-state index contributed by atoms with van der Waals surface area (Å²) >= 11 is 3.81. The molecule has 11 heavy (non-hydrogen) atoms. The molecular formula is C7H10INOS. The smallest absolute Gasteiger partial charge is 0.0719 e. The van der Waals surface area contributed by atoms with E-state index in [4.69, 9.17) is 10.8 Å². The van der Waals surface area contributed by atoms with Crippen molar-refractivity contribution in [1.82, 2.24) is 0 Å². The summed E-state index contributed by atoms with van der Waals surface area (Å²) in [7, 11) is 0. The lowest BCUT2D eigenvalue weighted by atomic mass is 10.0. The van der Waals surface area contributed by atoms with Gasteiger partial charge in [0, 0.05) is 8.45 Å². The molecule has 4 heteroatoms. The number of aliphatic hydroxyl groups excluding tert-OH is 1. The molecule has 62 valence electrons. The summed E-state index contributed by atoms with van der Waals surface area (Å²) < 4.78 is 1.13. The van der Waals surface area contributed by atoms with E-state index in [1.807, 2.05) is 18.4 Å².